The molecule has 0 radical (unpaired) electrons. The first-order valence-electron chi connectivity index (χ1n) is 7.24. The second-order valence-electron chi connectivity index (χ2n) is 5.07. The molecule has 2 nitrogen and oxygen atoms in total. The number of aryl methyl sites for hydroxylation is 2. The van der Waals surface area contributed by atoms with Gasteiger partial charge in [0.05, 0.1) is 5.76 Å². The summed E-state index contributed by atoms with van der Waals surface area (Å²) in [6.07, 6.45) is 3.75. The van der Waals surface area contributed by atoms with E-state index < -0.39 is 0 Å². The van der Waals surface area contributed by atoms with Crippen LogP contribution in [0.4, 0.5) is 0 Å². The third-order valence-corrected chi connectivity index (χ3v) is 3.34. The highest BCUT2D eigenvalue weighted by molar-refractivity contribution is 5.90. The fourth-order valence-corrected chi connectivity index (χ4v) is 2.16. The molecular weight excluding hydrogens is 260 g/mol. The number of carbonyl (C=O) groups is 1. The van der Waals surface area contributed by atoms with Crippen molar-refractivity contribution in [1.82, 2.24) is 0 Å². The first kappa shape index (κ1) is 15.0. The van der Waals surface area contributed by atoms with Crippen LogP contribution in [0.5, 0.6) is 0 Å². The number of rotatable bonds is 7. The Kier molecular flexibility index (Phi) is 5.77. The molecule has 0 saturated heterocycles. The summed E-state index contributed by atoms with van der Waals surface area (Å²) in [4.78, 5) is 11.8. The van der Waals surface area contributed by atoms with E-state index in [0.29, 0.717) is 19.3 Å². The van der Waals surface area contributed by atoms with E-state index in [-0.39, 0.29) is 11.5 Å². The van der Waals surface area contributed by atoms with Crippen LogP contribution < -0.4 is 0 Å². The first-order chi connectivity index (χ1) is 10.2. The molecule has 2 heteroatoms. The SMILES string of the molecule is O=C(C=C(O)CCc1ccccc1)CCc1ccccc1. The summed E-state index contributed by atoms with van der Waals surface area (Å²) in [5.74, 6) is 0.140. The zero-order chi connectivity index (χ0) is 14.9. The molecule has 108 valence electrons. The molecule has 2 rings (SSSR count). The third-order valence-electron chi connectivity index (χ3n) is 3.34. The maximum absolute atomic E-state index is 11.8. The van der Waals surface area contributed by atoms with Crippen LogP contribution in [0.2, 0.25) is 0 Å². The third kappa shape index (κ3) is 5.65. The van der Waals surface area contributed by atoms with E-state index in [1.165, 1.54) is 6.08 Å². The topological polar surface area (TPSA) is 37.3 Å². The molecule has 2 aromatic carbocycles. The van der Waals surface area contributed by atoms with Crippen molar-refractivity contribution in [3.8, 4) is 0 Å². The molecule has 0 unspecified atom stereocenters. The number of carbonyl (C=O) groups excluding carboxylic acids is 1. The molecule has 0 amide bonds. The Bertz CT molecular complexity index is 585. The average Bonchev–Trinajstić information content (AvgIpc) is 2.53. The monoisotopic (exact) mass is 280 g/mol. The van der Waals surface area contributed by atoms with E-state index in [1.807, 2.05) is 60.7 Å². The van der Waals surface area contributed by atoms with Crippen molar-refractivity contribution < 1.29 is 9.90 Å². The van der Waals surface area contributed by atoms with Crippen molar-refractivity contribution in [2.45, 2.75) is 25.7 Å². The van der Waals surface area contributed by atoms with Gasteiger partial charge in [-0.2, -0.15) is 0 Å². The molecule has 0 fully saturated rings. The molecule has 2 aromatic rings. The molecule has 21 heavy (non-hydrogen) atoms. The molecule has 0 spiro atoms. The molecule has 0 aliphatic rings. The maximum Gasteiger partial charge on any atom is 0.159 e. The number of aliphatic hydroxyl groups is 1. The Morgan fingerprint density at radius 3 is 1.81 bits per heavy atom. The highest BCUT2D eigenvalue weighted by Gasteiger charge is 2.03. The van der Waals surface area contributed by atoms with Crippen molar-refractivity contribution in [2.24, 2.45) is 0 Å². The largest absolute Gasteiger partial charge is 0.512 e. The van der Waals surface area contributed by atoms with E-state index >= 15 is 0 Å². The van der Waals surface area contributed by atoms with Gasteiger partial charge in [-0.3, -0.25) is 4.79 Å². The minimum atomic E-state index is -0.0237. The van der Waals surface area contributed by atoms with Crippen LogP contribution in [0, 0.1) is 0 Å². The number of hydrogen-bond donors (Lipinski definition) is 1. The Labute approximate surface area is 125 Å². The fraction of sp³-hybridized carbons (Fsp3) is 0.211. The predicted octanol–water partition coefficient (Wildman–Crippen LogP) is 4.26. The van der Waals surface area contributed by atoms with E-state index in [9.17, 15) is 9.90 Å². The number of allylic oxidation sites excluding steroid dienone is 2. The van der Waals surface area contributed by atoms with E-state index in [2.05, 4.69) is 0 Å². The molecule has 0 aliphatic carbocycles. The van der Waals surface area contributed by atoms with Gasteiger partial charge in [0.2, 0.25) is 0 Å². The number of aliphatic hydroxyl groups excluding tert-OH is 1. The van der Waals surface area contributed by atoms with Crippen molar-refractivity contribution in [1.29, 1.82) is 0 Å². The summed E-state index contributed by atoms with van der Waals surface area (Å²) >= 11 is 0. The predicted molar refractivity (Wildman–Crippen MR) is 85.2 cm³/mol. The molecule has 0 bridgehead atoms. The van der Waals surface area contributed by atoms with Crippen LogP contribution in [0.25, 0.3) is 0 Å². The maximum atomic E-state index is 11.8. The highest BCUT2D eigenvalue weighted by Crippen LogP contribution is 2.08. The fourth-order valence-electron chi connectivity index (χ4n) is 2.16. The van der Waals surface area contributed by atoms with Crippen molar-refractivity contribution in [3.63, 3.8) is 0 Å². The molecule has 1 N–H and O–H groups in total. The van der Waals surface area contributed by atoms with Gasteiger partial charge in [-0.05, 0) is 24.0 Å². The van der Waals surface area contributed by atoms with Crippen LogP contribution in [0.15, 0.2) is 72.5 Å². The summed E-state index contributed by atoms with van der Waals surface area (Å²) in [6, 6.07) is 19.8. The summed E-state index contributed by atoms with van der Waals surface area (Å²) in [6.45, 7) is 0. The second kappa shape index (κ2) is 8.05. The van der Waals surface area contributed by atoms with Gasteiger partial charge in [0, 0.05) is 18.9 Å². The zero-order valence-electron chi connectivity index (χ0n) is 12.0. The first-order valence-corrected chi connectivity index (χ1v) is 7.24. The van der Waals surface area contributed by atoms with Crippen LogP contribution in [-0.2, 0) is 17.6 Å². The lowest BCUT2D eigenvalue weighted by Gasteiger charge is -2.02. The Morgan fingerprint density at radius 1 is 0.810 bits per heavy atom. The van der Waals surface area contributed by atoms with E-state index in [1.54, 1.807) is 0 Å². The Hall–Kier alpha value is -2.35. The number of ketones is 1. The summed E-state index contributed by atoms with van der Waals surface area (Å²) in [5, 5.41) is 9.82. The van der Waals surface area contributed by atoms with Gasteiger partial charge in [-0.15, -0.1) is 0 Å². The number of hydrogen-bond acceptors (Lipinski definition) is 2. The Morgan fingerprint density at radius 2 is 1.29 bits per heavy atom. The van der Waals surface area contributed by atoms with Crippen LogP contribution in [0.1, 0.15) is 24.0 Å². The molecule has 0 saturated carbocycles. The highest BCUT2D eigenvalue weighted by atomic mass is 16.3. The van der Waals surface area contributed by atoms with Crippen LogP contribution in [0.3, 0.4) is 0 Å². The van der Waals surface area contributed by atoms with E-state index in [4.69, 9.17) is 0 Å². The minimum Gasteiger partial charge on any atom is -0.512 e. The smallest absolute Gasteiger partial charge is 0.159 e. The van der Waals surface area contributed by atoms with Gasteiger partial charge in [0.15, 0.2) is 5.78 Å². The number of benzene rings is 2. The lowest BCUT2D eigenvalue weighted by Crippen LogP contribution is -1.99. The van der Waals surface area contributed by atoms with Crippen molar-refractivity contribution in [3.05, 3.63) is 83.6 Å². The molecule has 0 aromatic heterocycles. The van der Waals surface area contributed by atoms with Gasteiger partial charge < -0.3 is 5.11 Å². The normalized spacial score (nSPS) is 11.3. The van der Waals surface area contributed by atoms with Crippen molar-refractivity contribution >= 4 is 5.78 Å². The zero-order valence-corrected chi connectivity index (χ0v) is 12.0. The van der Waals surface area contributed by atoms with Gasteiger partial charge in [-0.25, -0.2) is 0 Å². The van der Waals surface area contributed by atoms with E-state index in [0.717, 1.165) is 17.5 Å². The van der Waals surface area contributed by atoms with Gasteiger partial charge in [-0.1, -0.05) is 60.7 Å². The quantitative estimate of drug-likeness (QED) is 0.607. The van der Waals surface area contributed by atoms with Crippen LogP contribution in [-0.4, -0.2) is 10.9 Å². The Balaban J connectivity index is 1.77. The minimum absolute atomic E-state index is 0.0237. The summed E-state index contributed by atoms with van der Waals surface area (Å²) < 4.78 is 0. The molecule has 0 atom stereocenters. The second-order valence-corrected chi connectivity index (χ2v) is 5.07. The van der Waals surface area contributed by atoms with Gasteiger partial charge >= 0.3 is 0 Å². The lowest BCUT2D eigenvalue weighted by molar-refractivity contribution is -0.114. The van der Waals surface area contributed by atoms with Crippen LogP contribution >= 0.6 is 0 Å². The average molecular weight is 280 g/mol. The molecular formula is C19H20O2. The van der Waals surface area contributed by atoms with Crippen molar-refractivity contribution in [2.75, 3.05) is 0 Å². The molecule has 0 aliphatic heterocycles. The summed E-state index contributed by atoms with van der Waals surface area (Å²) in [5.41, 5.74) is 2.30. The van der Waals surface area contributed by atoms with Gasteiger partial charge in [0.1, 0.15) is 0 Å². The molecule has 0 heterocycles. The standard InChI is InChI=1S/C19H20O2/c20-18(13-11-16-7-3-1-4-8-16)15-19(21)14-12-17-9-5-2-6-10-17/h1-10,15,20H,11-14H2. The lowest BCUT2D eigenvalue weighted by atomic mass is 10.1. The van der Waals surface area contributed by atoms with Gasteiger partial charge in [0.25, 0.3) is 0 Å². The summed E-state index contributed by atoms with van der Waals surface area (Å²) in [7, 11) is 0.